The third-order valence-electron chi connectivity index (χ3n) is 4.57. The van der Waals surface area contributed by atoms with Crippen LogP contribution in [0, 0.1) is 0 Å². The first-order valence-corrected chi connectivity index (χ1v) is 9.29. The van der Waals surface area contributed by atoms with E-state index in [1.165, 1.54) is 22.5 Å². The quantitative estimate of drug-likeness (QED) is 0.446. The second kappa shape index (κ2) is 8.09. The number of para-hydroxylation sites is 1. The van der Waals surface area contributed by atoms with Gasteiger partial charge in [-0.25, -0.2) is 4.98 Å². The van der Waals surface area contributed by atoms with Crippen molar-refractivity contribution in [1.82, 2.24) is 9.88 Å². The Morgan fingerprint density at radius 2 is 1.68 bits per heavy atom. The number of nitrogens with zero attached hydrogens (tertiary/aromatic N) is 2. The Kier molecular flexibility index (Phi) is 5.84. The normalized spacial score (nSPS) is 13.6. The number of fused-ring (bicyclic) bond motifs is 2. The van der Waals surface area contributed by atoms with Gasteiger partial charge >= 0.3 is 0 Å². The number of ketones is 1. The lowest BCUT2D eigenvalue weighted by Gasteiger charge is -2.13. The second-order valence-corrected chi connectivity index (χ2v) is 7.38. The van der Waals surface area contributed by atoms with Gasteiger partial charge in [-0.2, -0.15) is 0 Å². The molecule has 0 radical (unpaired) electrons. The number of Topliss-reactive ketones (excluding diaryl/α,β-unsaturated/α-hetero) is 1. The Balaban J connectivity index is 0.00000182. The van der Waals surface area contributed by atoms with Crippen LogP contribution in [-0.2, 0) is 13.1 Å². The van der Waals surface area contributed by atoms with E-state index in [1.54, 1.807) is 0 Å². The number of hydrogen-bond donors (Lipinski definition) is 0. The summed E-state index contributed by atoms with van der Waals surface area (Å²) in [6.45, 7) is 3.14. The van der Waals surface area contributed by atoms with Gasteiger partial charge in [0.1, 0.15) is 0 Å². The van der Waals surface area contributed by atoms with Crippen molar-refractivity contribution in [3.63, 3.8) is 0 Å². The zero-order chi connectivity index (χ0) is 16.4. The van der Waals surface area contributed by atoms with E-state index in [9.17, 15) is 4.79 Å². The summed E-state index contributed by atoms with van der Waals surface area (Å²) >= 11 is 1.51. The van der Waals surface area contributed by atoms with Crippen molar-refractivity contribution in [1.29, 1.82) is 0 Å². The molecule has 0 atom stereocenters. The predicted molar refractivity (Wildman–Crippen MR) is 106 cm³/mol. The number of unbranched alkanes of at least 4 members (excludes halogenated alkanes) is 1. The van der Waals surface area contributed by atoms with E-state index in [4.69, 9.17) is 0 Å². The average molecular weight is 373 g/mol. The van der Waals surface area contributed by atoms with Crippen LogP contribution < -0.4 is 0 Å². The van der Waals surface area contributed by atoms with E-state index in [2.05, 4.69) is 34.1 Å². The minimum Gasteiger partial charge on any atom is -0.295 e. The van der Waals surface area contributed by atoms with Crippen LogP contribution >= 0.6 is 23.7 Å². The topological polar surface area (TPSA) is 33.2 Å². The molecule has 0 aliphatic carbocycles. The molecule has 0 spiro atoms. The van der Waals surface area contributed by atoms with Gasteiger partial charge in [-0.05, 0) is 42.6 Å². The van der Waals surface area contributed by atoms with Gasteiger partial charge in [-0.1, -0.05) is 36.4 Å². The van der Waals surface area contributed by atoms with Crippen LogP contribution in [0.5, 0.6) is 0 Å². The van der Waals surface area contributed by atoms with Gasteiger partial charge in [-0.15, -0.1) is 23.7 Å². The van der Waals surface area contributed by atoms with Crippen molar-refractivity contribution in [2.24, 2.45) is 0 Å². The molecule has 0 fully saturated rings. The Morgan fingerprint density at radius 3 is 2.40 bits per heavy atom. The molecule has 0 N–H and O–H groups in total. The van der Waals surface area contributed by atoms with Crippen molar-refractivity contribution < 1.29 is 4.79 Å². The summed E-state index contributed by atoms with van der Waals surface area (Å²) in [4.78, 5) is 19.2. The van der Waals surface area contributed by atoms with Gasteiger partial charge in [0.2, 0.25) is 0 Å². The number of benzene rings is 2. The highest BCUT2D eigenvalue weighted by atomic mass is 35.5. The largest absolute Gasteiger partial charge is 0.295 e. The van der Waals surface area contributed by atoms with Crippen LogP contribution in [0.4, 0.5) is 0 Å². The molecule has 5 heteroatoms. The highest BCUT2D eigenvalue weighted by Crippen LogP contribution is 2.24. The molecule has 2 heterocycles. The van der Waals surface area contributed by atoms with Gasteiger partial charge in [0.15, 0.2) is 10.8 Å². The summed E-state index contributed by atoms with van der Waals surface area (Å²) in [5, 5.41) is 0.657. The lowest BCUT2D eigenvalue weighted by Crippen LogP contribution is -2.17. The number of hydrogen-bond acceptors (Lipinski definition) is 4. The summed E-state index contributed by atoms with van der Waals surface area (Å²) in [7, 11) is 0. The Bertz CT molecular complexity index is 819. The fraction of sp³-hybridized carbons (Fsp3) is 0.300. The summed E-state index contributed by atoms with van der Waals surface area (Å²) in [5.74, 6) is 0.181. The van der Waals surface area contributed by atoms with Gasteiger partial charge in [0.25, 0.3) is 0 Å². The molecule has 3 nitrogen and oxygen atoms in total. The first-order valence-electron chi connectivity index (χ1n) is 8.47. The third-order valence-corrected chi connectivity index (χ3v) is 5.64. The molecule has 1 aliphatic heterocycles. The Morgan fingerprint density at radius 1 is 1.00 bits per heavy atom. The monoisotopic (exact) mass is 372 g/mol. The highest BCUT2D eigenvalue weighted by molar-refractivity contribution is 7.20. The van der Waals surface area contributed by atoms with Crippen molar-refractivity contribution in [2.45, 2.75) is 32.4 Å². The van der Waals surface area contributed by atoms with Crippen LogP contribution in [0.2, 0.25) is 0 Å². The van der Waals surface area contributed by atoms with Gasteiger partial charge in [0.05, 0.1) is 10.2 Å². The number of thiazole rings is 1. The van der Waals surface area contributed by atoms with Crippen LogP contribution in [0.1, 0.15) is 40.2 Å². The van der Waals surface area contributed by atoms with Gasteiger partial charge in [-0.3, -0.25) is 9.69 Å². The second-order valence-electron chi connectivity index (χ2n) is 6.35. The molecule has 1 aromatic heterocycles. The SMILES string of the molecule is Cl.O=C(CCCCN1Cc2ccccc2C1)c1nc2ccccc2s1. The van der Waals surface area contributed by atoms with Crippen LogP contribution in [0.25, 0.3) is 10.2 Å². The van der Waals surface area contributed by atoms with Crippen molar-refractivity contribution in [2.75, 3.05) is 6.54 Å². The van der Waals surface area contributed by atoms with Crippen LogP contribution in [-0.4, -0.2) is 22.2 Å². The van der Waals surface area contributed by atoms with Crippen LogP contribution in [0.15, 0.2) is 48.5 Å². The van der Waals surface area contributed by atoms with Crippen molar-refractivity contribution >= 4 is 39.7 Å². The first-order chi connectivity index (χ1) is 11.8. The molecule has 3 aromatic rings. The summed E-state index contributed by atoms with van der Waals surface area (Å²) in [6, 6.07) is 16.6. The van der Waals surface area contributed by atoms with E-state index in [-0.39, 0.29) is 18.2 Å². The summed E-state index contributed by atoms with van der Waals surface area (Å²) in [5.41, 5.74) is 3.83. The summed E-state index contributed by atoms with van der Waals surface area (Å²) in [6.07, 6.45) is 2.59. The average Bonchev–Trinajstić information content (AvgIpc) is 3.21. The minimum atomic E-state index is 0. The molecule has 0 amide bonds. The lowest BCUT2D eigenvalue weighted by molar-refractivity contribution is 0.0977. The van der Waals surface area contributed by atoms with E-state index in [1.807, 2.05) is 24.3 Å². The molecular weight excluding hydrogens is 352 g/mol. The number of carbonyl (C=O) groups is 1. The smallest absolute Gasteiger partial charge is 0.191 e. The standard InChI is InChI=1S/C20H20N2OS.ClH/c23-18(20-21-17-9-3-4-11-19(17)24-20)10-5-6-12-22-13-15-7-1-2-8-16(15)14-22;/h1-4,7-9,11H,5-6,10,12-14H2;1H. The molecule has 0 unspecified atom stereocenters. The maximum absolute atomic E-state index is 12.3. The van der Waals surface area contributed by atoms with E-state index >= 15 is 0 Å². The summed E-state index contributed by atoms with van der Waals surface area (Å²) < 4.78 is 1.09. The molecule has 2 aromatic carbocycles. The molecule has 0 saturated heterocycles. The molecule has 25 heavy (non-hydrogen) atoms. The molecule has 1 aliphatic rings. The Hall–Kier alpha value is -1.75. The van der Waals surface area contributed by atoms with Crippen molar-refractivity contribution in [3.05, 3.63) is 64.7 Å². The zero-order valence-electron chi connectivity index (χ0n) is 14.0. The van der Waals surface area contributed by atoms with Gasteiger partial charge in [0, 0.05) is 19.5 Å². The maximum Gasteiger partial charge on any atom is 0.191 e. The molecule has 0 saturated carbocycles. The highest BCUT2D eigenvalue weighted by Gasteiger charge is 2.18. The lowest BCUT2D eigenvalue weighted by atomic mass is 10.1. The third kappa shape index (κ3) is 4.09. The van der Waals surface area contributed by atoms with E-state index < -0.39 is 0 Å². The Labute approximate surface area is 158 Å². The minimum absolute atomic E-state index is 0. The molecular formula is C20H21ClN2OS. The van der Waals surface area contributed by atoms with Crippen molar-refractivity contribution in [3.8, 4) is 0 Å². The fourth-order valence-electron chi connectivity index (χ4n) is 3.28. The fourth-order valence-corrected chi connectivity index (χ4v) is 4.21. The van der Waals surface area contributed by atoms with E-state index in [0.29, 0.717) is 11.4 Å². The first kappa shape index (κ1) is 18.1. The number of carbonyl (C=O) groups excluding carboxylic acids is 1. The van der Waals surface area contributed by atoms with E-state index in [0.717, 1.165) is 42.7 Å². The molecule has 4 rings (SSSR count). The molecule has 0 bridgehead atoms. The van der Waals surface area contributed by atoms with Gasteiger partial charge < -0.3 is 0 Å². The predicted octanol–water partition coefficient (Wildman–Crippen LogP) is 5.09. The molecule has 130 valence electrons. The maximum atomic E-state index is 12.3. The number of aromatic nitrogens is 1. The number of rotatable bonds is 6. The zero-order valence-corrected chi connectivity index (χ0v) is 15.6. The number of halogens is 1. The van der Waals surface area contributed by atoms with Crippen LogP contribution in [0.3, 0.4) is 0 Å².